The summed E-state index contributed by atoms with van der Waals surface area (Å²) in [4.78, 5) is 11.0. The van der Waals surface area contributed by atoms with E-state index in [0.717, 1.165) is 17.2 Å². The highest BCUT2D eigenvalue weighted by atomic mass is 16.3. The van der Waals surface area contributed by atoms with E-state index in [9.17, 15) is 5.11 Å². The second kappa shape index (κ2) is 5.92. The third-order valence-corrected chi connectivity index (χ3v) is 4.42. The van der Waals surface area contributed by atoms with E-state index in [1.54, 1.807) is 34.2 Å². The predicted molar refractivity (Wildman–Crippen MR) is 90.4 cm³/mol. The van der Waals surface area contributed by atoms with Gasteiger partial charge >= 0.3 is 0 Å². The van der Waals surface area contributed by atoms with Gasteiger partial charge in [0.25, 0.3) is 0 Å². The van der Waals surface area contributed by atoms with Crippen LogP contribution in [0.3, 0.4) is 0 Å². The topological polar surface area (TPSA) is 97.8 Å². The van der Waals surface area contributed by atoms with E-state index in [1.807, 2.05) is 24.8 Å². The van der Waals surface area contributed by atoms with Gasteiger partial charge in [0, 0.05) is 18.4 Å². The lowest BCUT2D eigenvalue weighted by Crippen LogP contribution is -2.38. The summed E-state index contributed by atoms with van der Waals surface area (Å²) < 4.78 is 3.44. The Hall–Kier alpha value is -2.81. The molecule has 0 aromatic carbocycles. The van der Waals surface area contributed by atoms with Gasteiger partial charge in [-0.1, -0.05) is 5.21 Å². The average molecular weight is 340 g/mol. The minimum absolute atomic E-state index is 0.411. The van der Waals surface area contributed by atoms with Crippen LogP contribution >= 0.6 is 0 Å². The average Bonchev–Trinajstić information content (AvgIpc) is 3.29. The Morgan fingerprint density at radius 3 is 2.80 bits per heavy atom. The monoisotopic (exact) mass is 340 g/mol. The van der Waals surface area contributed by atoms with Gasteiger partial charge in [0.2, 0.25) is 0 Å². The summed E-state index contributed by atoms with van der Waals surface area (Å²) in [5.41, 5.74) is 1.09. The van der Waals surface area contributed by atoms with Crippen LogP contribution in [0.25, 0.3) is 5.82 Å². The van der Waals surface area contributed by atoms with E-state index in [1.165, 1.54) is 0 Å². The molecule has 0 saturated carbocycles. The molecule has 0 spiro atoms. The van der Waals surface area contributed by atoms with E-state index >= 15 is 0 Å². The molecule has 4 rings (SSSR count). The van der Waals surface area contributed by atoms with Gasteiger partial charge in [-0.2, -0.15) is 5.10 Å². The lowest BCUT2D eigenvalue weighted by Gasteiger charge is -2.23. The van der Waals surface area contributed by atoms with E-state index in [0.29, 0.717) is 31.9 Å². The summed E-state index contributed by atoms with van der Waals surface area (Å²) in [6.45, 7) is 5.53. The van der Waals surface area contributed by atoms with Crippen molar-refractivity contribution in [3.05, 3.63) is 42.2 Å². The zero-order chi connectivity index (χ0) is 17.4. The first kappa shape index (κ1) is 15.7. The quantitative estimate of drug-likeness (QED) is 0.739. The Balaban J connectivity index is 1.55. The number of nitrogens with zero attached hydrogens (tertiary/aromatic N) is 8. The van der Waals surface area contributed by atoms with E-state index in [4.69, 9.17) is 0 Å². The van der Waals surface area contributed by atoms with E-state index < -0.39 is 5.60 Å². The second-order valence-electron chi connectivity index (χ2n) is 6.57. The minimum atomic E-state index is -0.858. The maximum absolute atomic E-state index is 10.8. The van der Waals surface area contributed by atoms with Gasteiger partial charge in [-0.15, -0.1) is 5.10 Å². The van der Waals surface area contributed by atoms with Crippen molar-refractivity contribution in [3.8, 4) is 5.82 Å². The number of aromatic nitrogens is 7. The van der Waals surface area contributed by atoms with Gasteiger partial charge < -0.3 is 10.0 Å². The van der Waals surface area contributed by atoms with Crippen LogP contribution < -0.4 is 4.90 Å². The van der Waals surface area contributed by atoms with Crippen molar-refractivity contribution < 1.29 is 5.11 Å². The zero-order valence-corrected chi connectivity index (χ0v) is 14.2. The summed E-state index contributed by atoms with van der Waals surface area (Å²) in [5.74, 6) is 1.41. The molecule has 3 aromatic heterocycles. The molecule has 0 amide bonds. The van der Waals surface area contributed by atoms with Crippen LogP contribution in [0.2, 0.25) is 0 Å². The van der Waals surface area contributed by atoms with E-state index in [-0.39, 0.29) is 0 Å². The normalized spacial score (nSPS) is 20.4. The number of hydrogen-bond donors (Lipinski definition) is 1. The molecule has 0 radical (unpaired) electrons. The first-order chi connectivity index (χ1) is 12.0. The molecule has 1 atom stereocenters. The van der Waals surface area contributed by atoms with Gasteiger partial charge in [0.15, 0.2) is 5.82 Å². The summed E-state index contributed by atoms with van der Waals surface area (Å²) in [7, 11) is 0. The van der Waals surface area contributed by atoms with Crippen molar-refractivity contribution in [1.29, 1.82) is 0 Å². The smallest absolute Gasteiger partial charge is 0.174 e. The van der Waals surface area contributed by atoms with Crippen LogP contribution in [-0.2, 0) is 6.54 Å². The van der Waals surface area contributed by atoms with Crippen molar-refractivity contribution in [2.24, 2.45) is 0 Å². The Bertz CT molecular complexity index is 874. The molecule has 130 valence electrons. The largest absolute Gasteiger partial charge is 0.386 e. The molecule has 4 heterocycles. The number of anilines is 1. The number of hydrogen-bond acceptors (Lipinski definition) is 7. The third kappa shape index (κ3) is 3.10. The third-order valence-electron chi connectivity index (χ3n) is 4.42. The lowest BCUT2D eigenvalue weighted by atomic mass is 10.0. The predicted octanol–water partition coefficient (Wildman–Crippen LogP) is 0.512. The summed E-state index contributed by atoms with van der Waals surface area (Å²) in [6, 6.07) is 2.00. The Labute approximate surface area is 144 Å². The van der Waals surface area contributed by atoms with Gasteiger partial charge in [-0.05, 0) is 26.3 Å². The SMILES string of the molecule is Cc1cc(C)n(-c2cncc(N3CCC(O)(Cn4ccnn4)C3)n2)n1. The van der Waals surface area contributed by atoms with Crippen molar-refractivity contribution in [1.82, 2.24) is 34.7 Å². The number of aryl methyl sites for hydroxylation is 2. The molecule has 0 aliphatic carbocycles. The molecular formula is C16H20N8O. The molecule has 1 fully saturated rings. The molecule has 1 N–H and O–H groups in total. The highest BCUT2D eigenvalue weighted by molar-refractivity contribution is 5.42. The van der Waals surface area contributed by atoms with Gasteiger partial charge in [-0.3, -0.25) is 4.98 Å². The first-order valence-corrected chi connectivity index (χ1v) is 8.20. The van der Waals surface area contributed by atoms with Gasteiger partial charge in [0.05, 0.1) is 37.4 Å². The maximum Gasteiger partial charge on any atom is 0.174 e. The summed E-state index contributed by atoms with van der Waals surface area (Å²) >= 11 is 0. The number of rotatable bonds is 4. The summed E-state index contributed by atoms with van der Waals surface area (Å²) in [6.07, 6.45) is 7.42. The second-order valence-corrected chi connectivity index (χ2v) is 6.57. The van der Waals surface area contributed by atoms with Gasteiger partial charge in [-0.25, -0.2) is 14.3 Å². The summed E-state index contributed by atoms with van der Waals surface area (Å²) in [5, 5.41) is 23.0. The highest BCUT2D eigenvalue weighted by Gasteiger charge is 2.37. The van der Waals surface area contributed by atoms with Crippen LogP contribution in [0, 0.1) is 13.8 Å². The zero-order valence-electron chi connectivity index (χ0n) is 14.2. The van der Waals surface area contributed by atoms with Crippen molar-refractivity contribution in [2.45, 2.75) is 32.4 Å². The molecule has 25 heavy (non-hydrogen) atoms. The minimum Gasteiger partial charge on any atom is -0.386 e. The number of aliphatic hydroxyl groups is 1. The van der Waals surface area contributed by atoms with E-state index in [2.05, 4.69) is 25.4 Å². The molecular weight excluding hydrogens is 320 g/mol. The Kier molecular flexibility index (Phi) is 3.72. The standard InChI is InChI=1S/C16H20N8O/c1-12-7-13(2)24(20-12)15-9-17-8-14(19-15)22-5-3-16(25,10-22)11-23-6-4-18-21-23/h4,6-9,25H,3,5,10-11H2,1-2H3. The fourth-order valence-corrected chi connectivity index (χ4v) is 3.26. The van der Waals surface area contributed by atoms with Crippen molar-refractivity contribution >= 4 is 5.82 Å². The highest BCUT2D eigenvalue weighted by Crippen LogP contribution is 2.27. The first-order valence-electron chi connectivity index (χ1n) is 8.20. The van der Waals surface area contributed by atoms with Crippen molar-refractivity contribution in [2.75, 3.05) is 18.0 Å². The van der Waals surface area contributed by atoms with Crippen LogP contribution in [0.1, 0.15) is 17.8 Å². The molecule has 9 heteroatoms. The molecule has 1 saturated heterocycles. The van der Waals surface area contributed by atoms with Crippen molar-refractivity contribution in [3.63, 3.8) is 0 Å². The molecule has 1 aliphatic rings. The fourth-order valence-electron chi connectivity index (χ4n) is 3.26. The number of β-amino-alcohol motifs (C(OH)–C–C–N with tert-alkyl or cyclic N) is 1. The van der Waals surface area contributed by atoms with Crippen LogP contribution in [0.5, 0.6) is 0 Å². The van der Waals surface area contributed by atoms with Gasteiger partial charge in [0.1, 0.15) is 11.4 Å². The van der Waals surface area contributed by atoms with Crippen LogP contribution in [0.15, 0.2) is 30.9 Å². The molecule has 0 bridgehead atoms. The molecule has 1 aliphatic heterocycles. The lowest BCUT2D eigenvalue weighted by molar-refractivity contribution is 0.0408. The Morgan fingerprint density at radius 2 is 2.08 bits per heavy atom. The fraction of sp³-hybridized carbons (Fsp3) is 0.438. The molecule has 3 aromatic rings. The molecule has 1 unspecified atom stereocenters. The Morgan fingerprint density at radius 1 is 1.24 bits per heavy atom. The van der Waals surface area contributed by atoms with Crippen LogP contribution in [0.4, 0.5) is 5.82 Å². The van der Waals surface area contributed by atoms with Crippen LogP contribution in [-0.4, -0.2) is 58.5 Å². The molecule has 9 nitrogen and oxygen atoms in total. The maximum atomic E-state index is 10.8.